The van der Waals surface area contributed by atoms with E-state index in [9.17, 15) is 0 Å². The summed E-state index contributed by atoms with van der Waals surface area (Å²) in [6.45, 7) is 0.717. The lowest BCUT2D eigenvalue weighted by Crippen LogP contribution is -2.20. The Morgan fingerprint density at radius 2 is 1.54 bits per heavy atom. The van der Waals surface area contributed by atoms with Gasteiger partial charge in [0, 0.05) is 29.6 Å². The summed E-state index contributed by atoms with van der Waals surface area (Å²) in [7, 11) is 0. The zero-order valence-electron chi connectivity index (χ0n) is 15.3. The minimum absolute atomic E-state index is 0.122. The molecule has 0 amide bonds. The highest BCUT2D eigenvalue weighted by Gasteiger charge is 2.24. The van der Waals surface area contributed by atoms with Gasteiger partial charge in [0.2, 0.25) is 5.95 Å². The molecule has 0 saturated heterocycles. The summed E-state index contributed by atoms with van der Waals surface area (Å²) in [5.74, 6) is 0.609. The normalized spacial score (nSPS) is 15.2. The summed E-state index contributed by atoms with van der Waals surface area (Å²) in [4.78, 5) is 9.41. The molecular weight excluding hydrogens is 344 g/mol. The van der Waals surface area contributed by atoms with Crippen molar-refractivity contribution >= 4 is 11.6 Å². The fraction of sp³-hybridized carbons (Fsp3) is 0.0833. The Morgan fingerprint density at radius 3 is 2.36 bits per heavy atom. The van der Waals surface area contributed by atoms with E-state index in [4.69, 9.17) is 4.98 Å². The van der Waals surface area contributed by atoms with Gasteiger partial charge in [0.25, 0.3) is 0 Å². The van der Waals surface area contributed by atoms with E-state index in [2.05, 4.69) is 64.1 Å². The molecule has 0 spiro atoms. The van der Waals surface area contributed by atoms with Gasteiger partial charge in [-0.2, -0.15) is 0 Å². The van der Waals surface area contributed by atoms with E-state index in [-0.39, 0.29) is 6.04 Å². The predicted molar refractivity (Wildman–Crippen MR) is 112 cm³/mol. The van der Waals surface area contributed by atoms with E-state index < -0.39 is 0 Å². The van der Waals surface area contributed by atoms with Crippen molar-refractivity contribution in [3.05, 3.63) is 108 Å². The zero-order valence-corrected chi connectivity index (χ0v) is 15.3. The molecule has 0 fully saturated rings. The first-order valence-corrected chi connectivity index (χ1v) is 9.44. The molecule has 1 unspecified atom stereocenters. The minimum atomic E-state index is 0.122. The molecule has 0 aliphatic carbocycles. The second-order valence-electron chi connectivity index (χ2n) is 6.87. The summed E-state index contributed by atoms with van der Waals surface area (Å²) >= 11 is 0. The van der Waals surface area contributed by atoms with E-state index in [0.29, 0.717) is 5.95 Å². The lowest BCUT2D eigenvalue weighted by atomic mass is 9.93. The summed E-state index contributed by atoms with van der Waals surface area (Å²) in [5.41, 5.74) is 6.69. The van der Waals surface area contributed by atoms with Crippen molar-refractivity contribution in [1.29, 1.82) is 0 Å². The fourth-order valence-electron chi connectivity index (χ4n) is 3.71. The molecule has 2 N–H and O–H groups in total. The smallest absolute Gasteiger partial charge is 0.227 e. The van der Waals surface area contributed by atoms with Crippen LogP contribution in [0.2, 0.25) is 0 Å². The molecule has 1 aliphatic rings. The van der Waals surface area contributed by atoms with Crippen LogP contribution in [0, 0.1) is 0 Å². The lowest BCUT2D eigenvalue weighted by molar-refractivity contribution is 0.612. The Kier molecular flexibility index (Phi) is 4.31. The summed E-state index contributed by atoms with van der Waals surface area (Å²) < 4.78 is 0. The molecule has 136 valence electrons. The largest absolute Gasteiger partial charge is 0.324 e. The van der Waals surface area contributed by atoms with Crippen LogP contribution in [0.5, 0.6) is 0 Å². The van der Waals surface area contributed by atoms with Gasteiger partial charge in [0.1, 0.15) is 0 Å². The van der Waals surface area contributed by atoms with Crippen LogP contribution in [0.1, 0.15) is 22.7 Å². The highest BCUT2D eigenvalue weighted by atomic mass is 15.1. The Balaban J connectivity index is 1.59. The van der Waals surface area contributed by atoms with Gasteiger partial charge >= 0.3 is 0 Å². The molecule has 1 aliphatic heterocycles. The second kappa shape index (κ2) is 7.25. The molecule has 0 radical (unpaired) electrons. The van der Waals surface area contributed by atoms with Crippen LogP contribution in [0.4, 0.5) is 11.6 Å². The first kappa shape index (κ1) is 16.7. The van der Waals surface area contributed by atoms with E-state index in [1.165, 1.54) is 11.1 Å². The van der Waals surface area contributed by atoms with Gasteiger partial charge in [-0.05, 0) is 23.3 Å². The van der Waals surface area contributed by atoms with Crippen molar-refractivity contribution in [2.45, 2.75) is 12.6 Å². The quantitative estimate of drug-likeness (QED) is 0.532. The molecule has 4 heteroatoms. The maximum Gasteiger partial charge on any atom is 0.227 e. The first-order valence-electron chi connectivity index (χ1n) is 9.44. The predicted octanol–water partition coefficient (Wildman–Crippen LogP) is 5.08. The third kappa shape index (κ3) is 3.15. The highest BCUT2D eigenvalue weighted by Crippen LogP contribution is 2.36. The van der Waals surface area contributed by atoms with Gasteiger partial charge in [-0.25, -0.2) is 9.97 Å². The number of hydrogen-bond donors (Lipinski definition) is 2. The van der Waals surface area contributed by atoms with Crippen LogP contribution in [-0.4, -0.2) is 9.97 Å². The van der Waals surface area contributed by atoms with E-state index in [1.54, 1.807) is 0 Å². The Bertz CT molecular complexity index is 1090. The number of rotatable bonds is 3. The molecule has 0 bridgehead atoms. The van der Waals surface area contributed by atoms with Crippen molar-refractivity contribution < 1.29 is 0 Å². The van der Waals surface area contributed by atoms with Crippen molar-refractivity contribution in [3.8, 4) is 11.3 Å². The zero-order chi connectivity index (χ0) is 18.8. The molecule has 5 rings (SSSR count). The molecule has 3 aromatic carbocycles. The average Bonchev–Trinajstić information content (AvgIpc) is 2.92. The molecule has 2 heterocycles. The number of benzene rings is 3. The molecule has 4 aromatic rings. The molecular formula is C24H20N4. The van der Waals surface area contributed by atoms with Gasteiger partial charge in [-0.3, -0.25) is 0 Å². The molecule has 4 nitrogen and oxygen atoms in total. The fourth-order valence-corrected chi connectivity index (χ4v) is 3.71. The third-order valence-corrected chi connectivity index (χ3v) is 5.05. The molecule has 28 heavy (non-hydrogen) atoms. The number of para-hydroxylation sites is 1. The van der Waals surface area contributed by atoms with Crippen molar-refractivity contribution in [2.24, 2.45) is 0 Å². The lowest BCUT2D eigenvalue weighted by Gasteiger charge is -2.19. The first-order chi connectivity index (χ1) is 13.9. The van der Waals surface area contributed by atoms with Crippen LogP contribution in [0.3, 0.4) is 0 Å². The number of hydrogen-bond acceptors (Lipinski definition) is 4. The minimum Gasteiger partial charge on any atom is -0.324 e. The van der Waals surface area contributed by atoms with E-state index in [1.807, 2.05) is 42.6 Å². The van der Waals surface area contributed by atoms with Crippen molar-refractivity contribution in [1.82, 2.24) is 15.3 Å². The van der Waals surface area contributed by atoms with Crippen LogP contribution >= 0.6 is 0 Å². The number of nitrogens with zero attached hydrogens (tertiary/aromatic N) is 2. The van der Waals surface area contributed by atoms with Gasteiger partial charge in [0.05, 0.1) is 11.7 Å². The Labute approximate surface area is 164 Å². The van der Waals surface area contributed by atoms with E-state index >= 15 is 0 Å². The maximum atomic E-state index is 4.88. The van der Waals surface area contributed by atoms with Gasteiger partial charge in [-0.1, -0.05) is 72.8 Å². The monoisotopic (exact) mass is 364 g/mol. The van der Waals surface area contributed by atoms with Gasteiger partial charge < -0.3 is 10.6 Å². The summed E-state index contributed by atoms with van der Waals surface area (Å²) in [5, 5.41) is 6.98. The number of anilines is 2. The van der Waals surface area contributed by atoms with Crippen molar-refractivity contribution in [3.63, 3.8) is 0 Å². The van der Waals surface area contributed by atoms with Crippen LogP contribution in [0.15, 0.2) is 91.1 Å². The molecule has 1 atom stereocenters. The van der Waals surface area contributed by atoms with Gasteiger partial charge in [0.15, 0.2) is 0 Å². The summed E-state index contributed by atoms with van der Waals surface area (Å²) in [6, 6.07) is 29.2. The standard InChI is InChI=1S/C24H20N4/c1-3-9-17(10-4-1)22-20-13-7-8-14-21(20)23-18(15-25-22)16-26-24(28-23)27-19-11-5-2-6-12-19/h1-14,16,22,25H,15H2,(H,26,27,28). The topological polar surface area (TPSA) is 49.8 Å². The molecule has 0 saturated carbocycles. The number of fused-ring (bicyclic) bond motifs is 3. The number of nitrogens with one attached hydrogen (secondary N) is 2. The average molecular weight is 364 g/mol. The maximum absolute atomic E-state index is 4.88. The SMILES string of the molecule is c1ccc(Nc2ncc3c(n2)-c2ccccc2C(c2ccccc2)NC3)cc1. The van der Waals surface area contributed by atoms with Crippen LogP contribution in [0.25, 0.3) is 11.3 Å². The van der Waals surface area contributed by atoms with Crippen LogP contribution in [-0.2, 0) is 6.54 Å². The van der Waals surface area contributed by atoms with Crippen LogP contribution < -0.4 is 10.6 Å². The van der Waals surface area contributed by atoms with Gasteiger partial charge in [-0.15, -0.1) is 0 Å². The summed E-state index contributed by atoms with van der Waals surface area (Å²) in [6.07, 6.45) is 1.92. The van der Waals surface area contributed by atoms with Crippen molar-refractivity contribution in [2.75, 3.05) is 5.32 Å². The number of aromatic nitrogens is 2. The van der Waals surface area contributed by atoms with E-state index in [0.717, 1.165) is 29.1 Å². The second-order valence-corrected chi connectivity index (χ2v) is 6.87. The Morgan fingerprint density at radius 1 is 0.821 bits per heavy atom. The third-order valence-electron chi connectivity index (χ3n) is 5.05. The highest BCUT2D eigenvalue weighted by molar-refractivity contribution is 5.71. The molecule has 1 aromatic heterocycles. The Hall–Kier alpha value is -3.50.